The molecule has 1 unspecified atom stereocenters. The molecule has 10 rings (SSSR count). The minimum atomic E-state index is -0.546. The van der Waals surface area contributed by atoms with Crippen molar-refractivity contribution in [1.29, 1.82) is 0 Å². The summed E-state index contributed by atoms with van der Waals surface area (Å²) in [6.07, 6.45) is -0.546. The van der Waals surface area contributed by atoms with Crippen LogP contribution >= 0.6 is 0 Å². The molecule has 5 nitrogen and oxygen atoms in total. The van der Waals surface area contributed by atoms with E-state index in [-0.39, 0.29) is 0 Å². The monoisotopic (exact) mass is 617 g/mol. The van der Waals surface area contributed by atoms with E-state index in [0.717, 1.165) is 82.9 Å². The van der Waals surface area contributed by atoms with E-state index in [4.69, 9.17) is 18.8 Å². The Kier molecular flexibility index (Phi) is 5.87. The molecule has 3 heterocycles. The van der Waals surface area contributed by atoms with Crippen molar-refractivity contribution in [2.45, 2.75) is 6.17 Å². The first kappa shape index (κ1) is 26.7. The maximum Gasteiger partial charge on any atom is 0.170 e. The standard InChI is InChI=1S/C43H27N3O2/c1-2-12-27(13-3-1)30-23-24-34(38-33-16-7-9-20-37(33)48-40(30)38)42-44-41(29-22-21-26-11-4-5-14-28(26)25-29)45-43(46-42)35-18-10-17-32-31-15-6-8-19-36(31)47-39(32)35/h1-25,42H,(H,44,45,46). The molecule has 0 bridgehead atoms. The van der Waals surface area contributed by atoms with Crippen LogP contribution in [-0.2, 0) is 0 Å². The fourth-order valence-electron chi connectivity index (χ4n) is 7.06. The number of hydrogen-bond acceptors (Lipinski definition) is 5. The van der Waals surface area contributed by atoms with Gasteiger partial charge in [-0.15, -0.1) is 0 Å². The van der Waals surface area contributed by atoms with Gasteiger partial charge in [-0.3, -0.25) is 0 Å². The van der Waals surface area contributed by atoms with E-state index >= 15 is 0 Å². The zero-order valence-corrected chi connectivity index (χ0v) is 25.7. The molecule has 0 spiro atoms. The summed E-state index contributed by atoms with van der Waals surface area (Å²) in [5, 5.41) is 10.1. The average molecular weight is 618 g/mol. The highest BCUT2D eigenvalue weighted by molar-refractivity contribution is 6.22. The lowest BCUT2D eigenvalue weighted by atomic mass is 9.97. The number of furan rings is 2. The third kappa shape index (κ3) is 4.18. The maximum atomic E-state index is 6.60. The van der Waals surface area contributed by atoms with Gasteiger partial charge < -0.3 is 14.2 Å². The first-order valence-corrected chi connectivity index (χ1v) is 16.1. The Balaban J connectivity index is 1.22. The molecule has 0 amide bonds. The van der Waals surface area contributed by atoms with Crippen LogP contribution in [0.1, 0.15) is 22.9 Å². The summed E-state index contributed by atoms with van der Waals surface area (Å²) in [7, 11) is 0. The van der Waals surface area contributed by atoms with Crippen LogP contribution in [0.25, 0.3) is 65.8 Å². The van der Waals surface area contributed by atoms with Crippen molar-refractivity contribution in [2.75, 3.05) is 0 Å². The number of para-hydroxylation sites is 3. The fourth-order valence-corrected chi connectivity index (χ4v) is 7.06. The van der Waals surface area contributed by atoms with Crippen LogP contribution in [0.15, 0.2) is 170 Å². The molecule has 0 aliphatic carbocycles. The molecule has 48 heavy (non-hydrogen) atoms. The molecule has 9 aromatic rings. The lowest BCUT2D eigenvalue weighted by molar-refractivity contribution is 0.666. The molecular formula is C43H27N3O2. The molecular weight excluding hydrogens is 590 g/mol. The number of hydrogen-bond donors (Lipinski definition) is 1. The molecule has 226 valence electrons. The molecule has 0 saturated heterocycles. The fraction of sp³-hybridized carbons (Fsp3) is 0.0233. The van der Waals surface area contributed by atoms with Crippen LogP contribution < -0.4 is 5.32 Å². The minimum absolute atomic E-state index is 0.546. The van der Waals surface area contributed by atoms with Crippen LogP contribution in [0, 0.1) is 0 Å². The van der Waals surface area contributed by atoms with Gasteiger partial charge in [0.1, 0.15) is 34.0 Å². The van der Waals surface area contributed by atoms with Gasteiger partial charge in [0.15, 0.2) is 6.17 Å². The van der Waals surface area contributed by atoms with Crippen molar-refractivity contribution in [3.63, 3.8) is 0 Å². The Hall–Kier alpha value is -6.46. The summed E-state index contributed by atoms with van der Waals surface area (Å²) in [6.45, 7) is 0. The largest absolute Gasteiger partial charge is 0.455 e. The topological polar surface area (TPSA) is 63.0 Å². The van der Waals surface area contributed by atoms with E-state index < -0.39 is 6.17 Å². The summed E-state index contributed by atoms with van der Waals surface area (Å²) in [6, 6.07) is 52.1. The maximum absolute atomic E-state index is 6.60. The van der Waals surface area contributed by atoms with Gasteiger partial charge >= 0.3 is 0 Å². The highest BCUT2D eigenvalue weighted by Gasteiger charge is 2.27. The minimum Gasteiger partial charge on any atom is -0.455 e. The lowest BCUT2D eigenvalue weighted by Crippen LogP contribution is -2.36. The number of nitrogens with zero attached hydrogens (tertiary/aromatic N) is 2. The van der Waals surface area contributed by atoms with Gasteiger partial charge in [-0.25, -0.2) is 9.98 Å². The number of benzene rings is 7. The third-order valence-electron chi connectivity index (χ3n) is 9.34. The van der Waals surface area contributed by atoms with Crippen LogP contribution in [0.3, 0.4) is 0 Å². The van der Waals surface area contributed by atoms with E-state index in [0.29, 0.717) is 5.84 Å². The predicted molar refractivity (Wildman–Crippen MR) is 196 cm³/mol. The lowest BCUT2D eigenvalue weighted by Gasteiger charge is -2.23. The Morgan fingerprint density at radius 2 is 1.15 bits per heavy atom. The first-order valence-electron chi connectivity index (χ1n) is 16.1. The summed E-state index contributed by atoms with van der Waals surface area (Å²) in [5.41, 5.74) is 8.28. The van der Waals surface area contributed by atoms with Crippen molar-refractivity contribution in [1.82, 2.24) is 5.32 Å². The Bertz CT molecular complexity index is 2770. The second kappa shape index (κ2) is 10.5. The molecule has 0 radical (unpaired) electrons. The Labute approximate surface area is 275 Å². The average Bonchev–Trinajstić information content (AvgIpc) is 3.74. The van der Waals surface area contributed by atoms with Gasteiger partial charge in [-0.2, -0.15) is 0 Å². The molecule has 2 aromatic heterocycles. The van der Waals surface area contributed by atoms with Gasteiger partial charge in [-0.05, 0) is 40.6 Å². The van der Waals surface area contributed by atoms with Gasteiger partial charge in [0.25, 0.3) is 0 Å². The molecule has 5 heteroatoms. The van der Waals surface area contributed by atoms with Crippen LogP contribution in [0.4, 0.5) is 0 Å². The molecule has 0 saturated carbocycles. The first-order chi connectivity index (χ1) is 23.8. The molecule has 7 aromatic carbocycles. The van der Waals surface area contributed by atoms with Crippen molar-refractivity contribution in [3.05, 3.63) is 168 Å². The molecule has 0 fully saturated rings. The smallest absolute Gasteiger partial charge is 0.170 e. The molecule has 1 aliphatic rings. The Morgan fingerprint density at radius 3 is 2.02 bits per heavy atom. The summed E-state index contributed by atoms with van der Waals surface area (Å²) in [4.78, 5) is 10.6. The summed E-state index contributed by atoms with van der Waals surface area (Å²) >= 11 is 0. The van der Waals surface area contributed by atoms with Gasteiger partial charge in [0.05, 0.1) is 5.56 Å². The van der Waals surface area contributed by atoms with Crippen LogP contribution in [0.2, 0.25) is 0 Å². The van der Waals surface area contributed by atoms with E-state index in [2.05, 4.69) is 121 Å². The number of nitrogens with one attached hydrogen (secondary N) is 1. The molecule has 1 atom stereocenters. The number of rotatable bonds is 4. The number of amidine groups is 2. The zero-order valence-electron chi connectivity index (χ0n) is 25.7. The SMILES string of the molecule is c1ccc(-c2ccc(C3N=C(c4ccc5ccccc5c4)NC(c4cccc5c4oc4ccccc45)=N3)c3c2oc2ccccc23)cc1. The van der Waals surface area contributed by atoms with E-state index in [1.54, 1.807) is 0 Å². The second-order valence-corrected chi connectivity index (χ2v) is 12.2. The van der Waals surface area contributed by atoms with Crippen LogP contribution in [-0.4, -0.2) is 11.7 Å². The molecule has 1 N–H and O–H groups in total. The summed E-state index contributed by atoms with van der Waals surface area (Å²) < 4.78 is 13.1. The van der Waals surface area contributed by atoms with Gasteiger partial charge in [-0.1, -0.05) is 127 Å². The highest BCUT2D eigenvalue weighted by atomic mass is 16.3. The number of fused-ring (bicyclic) bond motifs is 7. The highest BCUT2D eigenvalue weighted by Crippen LogP contribution is 2.42. The Morgan fingerprint density at radius 1 is 0.458 bits per heavy atom. The second-order valence-electron chi connectivity index (χ2n) is 12.2. The normalized spacial score (nSPS) is 14.9. The number of aliphatic imine (C=N–C) groups is 2. The quantitative estimate of drug-likeness (QED) is 0.214. The van der Waals surface area contributed by atoms with Crippen LogP contribution in [0.5, 0.6) is 0 Å². The van der Waals surface area contributed by atoms with E-state index in [9.17, 15) is 0 Å². The third-order valence-corrected chi connectivity index (χ3v) is 9.34. The molecule has 1 aliphatic heterocycles. The summed E-state index contributed by atoms with van der Waals surface area (Å²) in [5.74, 6) is 1.45. The van der Waals surface area contributed by atoms with Crippen molar-refractivity contribution in [3.8, 4) is 11.1 Å². The van der Waals surface area contributed by atoms with Crippen molar-refractivity contribution >= 4 is 66.3 Å². The predicted octanol–water partition coefficient (Wildman–Crippen LogP) is 10.8. The van der Waals surface area contributed by atoms with E-state index in [1.165, 1.54) is 5.39 Å². The van der Waals surface area contributed by atoms with Gasteiger partial charge in [0.2, 0.25) is 0 Å². The van der Waals surface area contributed by atoms with E-state index in [1.807, 2.05) is 36.4 Å². The van der Waals surface area contributed by atoms with Crippen molar-refractivity contribution in [2.24, 2.45) is 9.98 Å². The van der Waals surface area contributed by atoms with Gasteiger partial charge in [0, 0.05) is 38.2 Å². The van der Waals surface area contributed by atoms with Crippen molar-refractivity contribution < 1.29 is 8.83 Å². The zero-order chi connectivity index (χ0) is 31.6.